The average molecular weight is 394 g/mol. The van der Waals surface area contributed by atoms with Gasteiger partial charge in [0.2, 0.25) is 0 Å². The van der Waals surface area contributed by atoms with Gasteiger partial charge in [0.15, 0.2) is 5.75 Å². The molecule has 122 valence electrons. The third-order valence-electron chi connectivity index (χ3n) is 3.17. The molecule has 7 nitrogen and oxygen atoms in total. The summed E-state index contributed by atoms with van der Waals surface area (Å²) in [7, 11) is 0. The number of rotatable bonds is 4. The SMILES string of the molecule is O=c1cc(COc2cc(F)ccc2[N+](=O)[O-])nc2ccc(Br)cn12. The number of halogens is 2. The van der Waals surface area contributed by atoms with Gasteiger partial charge in [-0.3, -0.25) is 19.3 Å². The maximum Gasteiger partial charge on any atom is 0.311 e. The lowest BCUT2D eigenvalue weighted by atomic mass is 10.3. The van der Waals surface area contributed by atoms with Gasteiger partial charge < -0.3 is 4.74 Å². The summed E-state index contributed by atoms with van der Waals surface area (Å²) in [6.07, 6.45) is 1.58. The van der Waals surface area contributed by atoms with Crippen molar-refractivity contribution in [2.75, 3.05) is 0 Å². The Labute approximate surface area is 142 Å². The van der Waals surface area contributed by atoms with E-state index in [-0.39, 0.29) is 29.3 Å². The molecule has 0 spiro atoms. The second-order valence-corrected chi connectivity index (χ2v) is 5.73. The molecule has 0 fully saturated rings. The minimum Gasteiger partial charge on any atom is -0.480 e. The molecule has 0 radical (unpaired) electrons. The van der Waals surface area contributed by atoms with Crippen molar-refractivity contribution < 1.29 is 14.1 Å². The minimum atomic E-state index is -0.672. The van der Waals surface area contributed by atoms with Crippen molar-refractivity contribution in [1.29, 1.82) is 0 Å². The van der Waals surface area contributed by atoms with E-state index in [0.717, 1.165) is 22.7 Å². The number of aromatic nitrogens is 2. The predicted octanol–water partition coefficient (Wildman–Crippen LogP) is 3.08. The molecule has 0 N–H and O–H groups in total. The van der Waals surface area contributed by atoms with E-state index in [0.29, 0.717) is 5.65 Å². The Balaban J connectivity index is 1.92. The third kappa shape index (κ3) is 3.25. The van der Waals surface area contributed by atoms with E-state index in [1.54, 1.807) is 18.3 Å². The molecule has 0 saturated heterocycles. The van der Waals surface area contributed by atoms with Crippen molar-refractivity contribution in [3.63, 3.8) is 0 Å². The number of nitro benzene ring substituents is 1. The quantitative estimate of drug-likeness (QED) is 0.502. The minimum absolute atomic E-state index is 0.202. The Morgan fingerprint density at radius 2 is 2.08 bits per heavy atom. The summed E-state index contributed by atoms with van der Waals surface area (Å²) in [5.41, 5.74) is -0.00888. The van der Waals surface area contributed by atoms with Crippen molar-refractivity contribution in [2.45, 2.75) is 6.61 Å². The summed E-state index contributed by atoms with van der Waals surface area (Å²) in [4.78, 5) is 26.6. The molecule has 24 heavy (non-hydrogen) atoms. The van der Waals surface area contributed by atoms with Gasteiger partial charge in [0.05, 0.1) is 10.6 Å². The number of hydrogen-bond donors (Lipinski definition) is 0. The summed E-state index contributed by atoms with van der Waals surface area (Å²) in [6.45, 7) is -0.202. The smallest absolute Gasteiger partial charge is 0.311 e. The van der Waals surface area contributed by atoms with Gasteiger partial charge in [-0.2, -0.15) is 0 Å². The van der Waals surface area contributed by atoms with Gasteiger partial charge >= 0.3 is 5.69 Å². The van der Waals surface area contributed by atoms with Crippen molar-refractivity contribution in [3.05, 3.63) is 79.0 Å². The van der Waals surface area contributed by atoms with Crippen LogP contribution >= 0.6 is 15.9 Å². The molecule has 0 aliphatic heterocycles. The highest BCUT2D eigenvalue weighted by Crippen LogP contribution is 2.28. The van der Waals surface area contributed by atoms with Crippen LogP contribution in [0.1, 0.15) is 5.69 Å². The van der Waals surface area contributed by atoms with Crippen LogP contribution in [-0.2, 0) is 6.61 Å². The molecule has 3 rings (SSSR count). The monoisotopic (exact) mass is 393 g/mol. The van der Waals surface area contributed by atoms with Gasteiger partial charge in [0.1, 0.15) is 18.1 Å². The highest BCUT2D eigenvalue weighted by Gasteiger charge is 2.16. The van der Waals surface area contributed by atoms with Crippen LogP contribution in [0.3, 0.4) is 0 Å². The fourth-order valence-electron chi connectivity index (χ4n) is 2.11. The molecule has 0 aliphatic rings. The van der Waals surface area contributed by atoms with Crippen molar-refractivity contribution >= 4 is 27.3 Å². The number of hydrogen-bond acceptors (Lipinski definition) is 5. The van der Waals surface area contributed by atoms with E-state index in [2.05, 4.69) is 20.9 Å². The van der Waals surface area contributed by atoms with Crippen LogP contribution in [0.15, 0.2) is 51.9 Å². The van der Waals surface area contributed by atoms with Gasteiger partial charge in [-0.05, 0) is 34.1 Å². The molecule has 0 amide bonds. The second kappa shape index (κ2) is 6.36. The van der Waals surface area contributed by atoms with Gasteiger partial charge in [-0.1, -0.05) is 0 Å². The molecule has 1 aromatic carbocycles. The maximum absolute atomic E-state index is 13.3. The van der Waals surface area contributed by atoms with E-state index < -0.39 is 10.7 Å². The van der Waals surface area contributed by atoms with Crippen LogP contribution in [0, 0.1) is 15.9 Å². The van der Waals surface area contributed by atoms with Gasteiger partial charge in [-0.25, -0.2) is 9.37 Å². The number of pyridine rings is 1. The number of benzene rings is 1. The van der Waals surface area contributed by atoms with Crippen LogP contribution in [0.5, 0.6) is 5.75 Å². The molecule has 0 saturated carbocycles. The zero-order valence-electron chi connectivity index (χ0n) is 12.0. The molecule has 9 heteroatoms. The molecule has 2 heterocycles. The van der Waals surface area contributed by atoms with Crippen LogP contribution in [-0.4, -0.2) is 14.3 Å². The fourth-order valence-corrected chi connectivity index (χ4v) is 2.44. The Morgan fingerprint density at radius 1 is 1.29 bits per heavy atom. The highest BCUT2D eigenvalue weighted by atomic mass is 79.9. The van der Waals surface area contributed by atoms with E-state index in [1.165, 1.54) is 10.5 Å². The van der Waals surface area contributed by atoms with Crippen LogP contribution in [0.2, 0.25) is 0 Å². The Kier molecular flexibility index (Phi) is 4.26. The van der Waals surface area contributed by atoms with Crippen molar-refractivity contribution in [1.82, 2.24) is 9.38 Å². The molecule has 0 aliphatic carbocycles. The lowest BCUT2D eigenvalue weighted by Crippen LogP contribution is -2.16. The first-order chi connectivity index (χ1) is 11.4. The molecule has 0 atom stereocenters. The third-order valence-corrected chi connectivity index (χ3v) is 3.64. The molecular weight excluding hydrogens is 385 g/mol. The van der Waals surface area contributed by atoms with E-state index >= 15 is 0 Å². The Bertz CT molecular complexity index is 1010. The van der Waals surface area contributed by atoms with Crippen LogP contribution in [0.4, 0.5) is 10.1 Å². The summed E-state index contributed by atoms with van der Waals surface area (Å²) in [6, 6.07) is 7.53. The van der Waals surface area contributed by atoms with Gasteiger partial charge in [0.25, 0.3) is 5.56 Å². The largest absolute Gasteiger partial charge is 0.480 e. The molecular formula is C15H9BrFN3O4. The zero-order valence-corrected chi connectivity index (χ0v) is 13.6. The lowest BCUT2D eigenvalue weighted by molar-refractivity contribution is -0.386. The average Bonchev–Trinajstić information content (AvgIpc) is 2.53. The van der Waals surface area contributed by atoms with E-state index in [4.69, 9.17) is 4.74 Å². The summed E-state index contributed by atoms with van der Waals surface area (Å²) < 4.78 is 20.6. The normalized spacial score (nSPS) is 10.8. The number of ether oxygens (including phenoxy) is 1. The number of fused-ring (bicyclic) bond motifs is 1. The Morgan fingerprint density at radius 3 is 2.83 bits per heavy atom. The van der Waals surface area contributed by atoms with E-state index in [9.17, 15) is 19.3 Å². The number of nitro groups is 1. The van der Waals surface area contributed by atoms with Crippen molar-refractivity contribution in [3.8, 4) is 5.75 Å². The summed E-state index contributed by atoms with van der Waals surface area (Å²) in [5, 5.41) is 10.9. The van der Waals surface area contributed by atoms with Gasteiger partial charge in [-0.15, -0.1) is 0 Å². The predicted molar refractivity (Wildman–Crippen MR) is 86.5 cm³/mol. The lowest BCUT2D eigenvalue weighted by Gasteiger charge is -2.08. The van der Waals surface area contributed by atoms with Crippen LogP contribution in [0.25, 0.3) is 5.65 Å². The summed E-state index contributed by atoms with van der Waals surface area (Å²) >= 11 is 3.26. The number of nitrogens with zero attached hydrogens (tertiary/aromatic N) is 3. The fraction of sp³-hybridized carbons (Fsp3) is 0.0667. The standard InChI is InChI=1S/C15H9BrFN3O4/c16-9-1-4-14-18-11(6-15(21)19(14)7-9)8-24-13-5-10(17)2-3-12(13)20(22)23/h1-7H,8H2. The zero-order chi connectivity index (χ0) is 17.3. The first-order valence-corrected chi connectivity index (χ1v) is 7.48. The first kappa shape index (κ1) is 16.1. The highest BCUT2D eigenvalue weighted by molar-refractivity contribution is 9.10. The van der Waals surface area contributed by atoms with Crippen LogP contribution < -0.4 is 10.3 Å². The van der Waals surface area contributed by atoms with Gasteiger partial charge in [0, 0.05) is 28.9 Å². The van der Waals surface area contributed by atoms with E-state index in [1.807, 2.05) is 0 Å². The van der Waals surface area contributed by atoms with Crippen molar-refractivity contribution in [2.24, 2.45) is 0 Å². The summed E-state index contributed by atoms with van der Waals surface area (Å²) in [5.74, 6) is -0.884. The first-order valence-electron chi connectivity index (χ1n) is 6.68. The molecule has 2 aromatic heterocycles. The molecule has 0 unspecified atom stereocenters. The molecule has 0 bridgehead atoms. The Hall–Kier alpha value is -2.81. The second-order valence-electron chi connectivity index (χ2n) is 4.82. The maximum atomic E-state index is 13.3. The topological polar surface area (TPSA) is 86.7 Å². The molecule has 3 aromatic rings.